The van der Waals surface area contributed by atoms with E-state index in [1.54, 1.807) is 0 Å². The molecule has 0 aromatic rings. The lowest BCUT2D eigenvalue weighted by atomic mass is 9.81. The van der Waals surface area contributed by atoms with Gasteiger partial charge in [0, 0.05) is 9.65 Å². The second-order valence-electron chi connectivity index (χ2n) is 7.52. The Bertz CT molecular complexity index is 545. The summed E-state index contributed by atoms with van der Waals surface area (Å²) in [4.78, 5) is 39.2. The topological polar surface area (TPSA) is 63.7 Å². The molecule has 3 aliphatic carbocycles. The van der Waals surface area contributed by atoms with E-state index in [0.717, 1.165) is 37.0 Å². The zero-order chi connectivity index (χ0) is 17.0. The van der Waals surface area contributed by atoms with Crippen LogP contribution in [0.4, 0.5) is 0 Å². The van der Waals surface area contributed by atoms with E-state index < -0.39 is 5.97 Å². The normalized spacial score (nSPS) is 41.8. The summed E-state index contributed by atoms with van der Waals surface area (Å²) in [7, 11) is 0. The van der Waals surface area contributed by atoms with Crippen molar-refractivity contribution in [2.75, 3.05) is 6.54 Å². The van der Waals surface area contributed by atoms with Gasteiger partial charge in [0.25, 0.3) is 0 Å². The van der Waals surface area contributed by atoms with Gasteiger partial charge in [-0.2, -0.15) is 0 Å². The first-order valence-corrected chi connectivity index (χ1v) is 10.6. The van der Waals surface area contributed by atoms with Crippen molar-refractivity contribution in [2.45, 2.75) is 54.3 Å². The molecule has 4 aliphatic rings. The smallest absolute Gasteiger partial charge is 0.326 e. The Labute approximate surface area is 158 Å². The van der Waals surface area contributed by atoms with Crippen molar-refractivity contribution in [1.82, 2.24) is 4.90 Å². The fraction of sp³-hybridized carbons (Fsp3) is 0.824. The van der Waals surface area contributed by atoms with Gasteiger partial charge in [-0.3, -0.25) is 19.3 Å². The SMILES string of the molecule is O=C(CN1C(=O)[C@@H]2[C@H]3C[C@@H]([C@H](Br)[C@@H]3Br)[C@@H]2C1=O)OC1CCCCC1. The number of imide groups is 1. The van der Waals surface area contributed by atoms with E-state index in [-0.39, 0.29) is 57.8 Å². The van der Waals surface area contributed by atoms with Gasteiger partial charge in [0.05, 0.1) is 11.8 Å². The highest BCUT2D eigenvalue weighted by Crippen LogP contribution is 2.60. The van der Waals surface area contributed by atoms with Gasteiger partial charge in [0.1, 0.15) is 12.6 Å². The number of carbonyl (C=O) groups is 3. The van der Waals surface area contributed by atoms with Crippen LogP contribution in [0.2, 0.25) is 0 Å². The van der Waals surface area contributed by atoms with E-state index >= 15 is 0 Å². The molecule has 0 N–H and O–H groups in total. The average molecular weight is 463 g/mol. The zero-order valence-corrected chi connectivity index (χ0v) is 16.5. The third kappa shape index (κ3) is 2.57. The molecule has 2 amide bonds. The van der Waals surface area contributed by atoms with E-state index in [4.69, 9.17) is 4.74 Å². The number of hydrogen-bond acceptors (Lipinski definition) is 4. The van der Waals surface area contributed by atoms with Crippen LogP contribution in [-0.4, -0.2) is 45.0 Å². The van der Waals surface area contributed by atoms with Crippen molar-refractivity contribution in [2.24, 2.45) is 23.7 Å². The van der Waals surface area contributed by atoms with Gasteiger partial charge >= 0.3 is 5.97 Å². The highest BCUT2D eigenvalue weighted by atomic mass is 79.9. The molecular formula is C17H21Br2NO4. The summed E-state index contributed by atoms with van der Waals surface area (Å²) in [5.41, 5.74) is 0. The first-order chi connectivity index (χ1) is 11.5. The summed E-state index contributed by atoms with van der Waals surface area (Å²) < 4.78 is 5.48. The third-order valence-electron chi connectivity index (χ3n) is 6.22. The second kappa shape index (κ2) is 6.38. The molecule has 0 radical (unpaired) electrons. The molecule has 24 heavy (non-hydrogen) atoms. The summed E-state index contributed by atoms with van der Waals surface area (Å²) in [6.07, 6.45) is 5.97. The maximum atomic E-state index is 12.7. The van der Waals surface area contributed by atoms with Crippen LogP contribution in [0.15, 0.2) is 0 Å². The number of esters is 1. The van der Waals surface area contributed by atoms with Gasteiger partial charge in [-0.1, -0.05) is 38.3 Å². The molecule has 2 bridgehead atoms. The molecule has 1 heterocycles. The second-order valence-corrected chi connectivity index (χ2v) is 9.63. The number of carbonyl (C=O) groups excluding carboxylic acids is 3. The standard InChI is InChI=1S/C17H21Br2NO4/c18-14-9-6-10(15(14)19)13-12(9)16(22)20(17(13)23)7-11(21)24-8-4-2-1-3-5-8/h8-10,12-15H,1-7H2/t9-,10-,12-,13+,14-,15+/m1/s1. The predicted octanol–water partition coefficient (Wildman–Crippen LogP) is 2.64. The molecule has 132 valence electrons. The minimum absolute atomic E-state index is 0.0476. The predicted molar refractivity (Wildman–Crippen MR) is 93.7 cm³/mol. The van der Waals surface area contributed by atoms with E-state index in [1.807, 2.05) is 0 Å². The Hall–Kier alpha value is -0.430. The molecule has 0 aromatic carbocycles. The number of rotatable bonds is 3. The summed E-state index contributed by atoms with van der Waals surface area (Å²) in [6, 6.07) is 0. The number of hydrogen-bond donors (Lipinski definition) is 0. The summed E-state index contributed by atoms with van der Waals surface area (Å²) in [5, 5.41) is 0. The monoisotopic (exact) mass is 461 g/mol. The molecule has 3 saturated carbocycles. The number of nitrogens with zero attached hydrogens (tertiary/aromatic N) is 1. The Morgan fingerprint density at radius 3 is 2.08 bits per heavy atom. The van der Waals surface area contributed by atoms with Crippen LogP contribution >= 0.6 is 31.9 Å². The van der Waals surface area contributed by atoms with Crippen molar-refractivity contribution in [3.05, 3.63) is 0 Å². The Morgan fingerprint density at radius 2 is 1.54 bits per heavy atom. The number of ether oxygens (including phenoxy) is 1. The maximum Gasteiger partial charge on any atom is 0.326 e. The molecule has 4 fully saturated rings. The maximum absolute atomic E-state index is 12.7. The lowest BCUT2D eigenvalue weighted by molar-refractivity contribution is -0.158. The number of amides is 2. The molecule has 6 atom stereocenters. The third-order valence-corrected chi connectivity index (χ3v) is 9.42. The lowest BCUT2D eigenvalue weighted by Crippen LogP contribution is -2.39. The van der Waals surface area contributed by atoms with Crippen LogP contribution in [0.3, 0.4) is 0 Å². The van der Waals surface area contributed by atoms with Gasteiger partial charge in [-0.05, 0) is 43.9 Å². The minimum Gasteiger partial charge on any atom is -0.461 e. The zero-order valence-electron chi connectivity index (χ0n) is 13.3. The number of alkyl halides is 2. The molecule has 1 aliphatic heterocycles. The van der Waals surface area contributed by atoms with Crippen LogP contribution in [0.25, 0.3) is 0 Å². The van der Waals surface area contributed by atoms with E-state index in [1.165, 1.54) is 6.42 Å². The number of fused-ring (bicyclic) bond motifs is 5. The Kier molecular flexibility index (Phi) is 4.52. The average Bonchev–Trinajstić information content (AvgIpc) is 3.16. The first kappa shape index (κ1) is 17.0. The van der Waals surface area contributed by atoms with Crippen LogP contribution in [0.5, 0.6) is 0 Å². The molecule has 5 nitrogen and oxygen atoms in total. The van der Waals surface area contributed by atoms with Crippen LogP contribution in [-0.2, 0) is 19.1 Å². The van der Waals surface area contributed by atoms with Crippen LogP contribution in [0, 0.1) is 23.7 Å². The quantitative estimate of drug-likeness (QED) is 0.367. The summed E-state index contributed by atoms with van der Waals surface area (Å²) >= 11 is 7.32. The molecule has 0 spiro atoms. The fourth-order valence-corrected chi connectivity index (χ4v) is 6.98. The highest BCUT2D eigenvalue weighted by Gasteiger charge is 2.66. The van der Waals surface area contributed by atoms with Crippen LogP contribution < -0.4 is 0 Å². The summed E-state index contributed by atoms with van der Waals surface area (Å²) in [6.45, 7) is -0.222. The minimum atomic E-state index is -0.443. The largest absolute Gasteiger partial charge is 0.461 e. The van der Waals surface area contributed by atoms with Crippen LogP contribution in [0.1, 0.15) is 38.5 Å². The van der Waals surface area contributed by atoms with Gasteiger partial charge in [0.2, 0.25) is 11.8 Å². The molecule has 0 unspecified atom stereocenters. The van der Waals surface area contributed by atoms with Gasteiger partial charge in [0.15, 0.2) is 0 Å². The van der Waals surface area contributed by atoms with Crippen molar-refractivity contribution in [3.63, 3.8) is 0 Å². The Morgan fingerprint density at radius 1 is 1.00 bits per heavy atom. The van der Waals surface area contributed by atoms with E-state index in [2.05, 4.69) is 31.9 Å². The molecule has 7 heteroatoms. The van der Waals surface area contributed by atoms with E-state index in [0.29, 0.717) is 0 Å². The van der Waals surface area contributed by atoms with Crippen molar-refractivity contribution < 1.29 is 19.1 Å². The highest BCUT2D eigenvalue weighted by molar-refractivity contribution is 9.12. The molecular weight excluding hydrogens is 442 g/mol. The van der Waals surface area contributed by atoms with Crippen molar-refractivity contribution in [3.8, 4) is 0 Å². The first-order valence-electron chi connectivity index (χ1n) is 8.82. The van der Waals surface area contributed by atoms with Gasteiger partial charge < -0.3 is 4.74 Å². The van der Waals surface area contributed by atoms with Crippen molar-refractivity contribution >= 4 is 49.6 Å². The van der Waals surface area contributed by atoms with E-state index in [9.17, 15) is 14.4 Å². The molecule has 4 rings (SSSR count). The molecule has 0 aromatic heterocycles. The van der Waals surface area contributed by atoms with Gasteiger partial charge in [-0.25, -0.2) is 0 Å². The van der Waals surface area contributed by atoms with Gasteiger partial charge in [-0.15, -0.1) is 0 Å². The lowest BCUT2D eigenvalue weighted by Gasteiger charge is -2.28. The fourth-order valence-electron chi connectivity index (χ4n) is 5.10. The van der Waals surface area contributed by atoms with Crippen molar-refractivity contribution in [1.29, 1.82) is 0 Å². The summed E-state index contributed by atoms with van der Waals surface area (Å²) in [5.74, 6) is -0.961. The number of likely N-dealkylation sites (tertiary alicyclic amines) is 1. The molecule has 1 saturated heterocycles. The Balaban J connectivity index is 1.43. The number of halogens is 2.